The SMILES string of the molecule is CCCCC(CC)CO[P+](=O)[O-].CCCCC(CC)CO[P+](=O)[O-].CCCCC(CC)CO[P+](=O)[O-].[Co+3]. The molecule has 0 heterocycles. The van der Waals surface area contributed by atoms with E-state index in [4.69, 9.17) is 0 Å². The minimum Gasteiger partial charge on any atom is -0.566 e. The summed E-state index contributed by atoms with van der Waals surface area (Å²) in [5.74, 6) is 1.20. The molecule has 0 aromatic carbocycles. The first kappa shape index (κ1) is 44.6. The molecule has 9 nitrogen and oxygen atoms in total. The van der Waals surface area contributed by atoms with Gasteiger partial charge in [-0.25, -0.2) is 0 Å². The smallest absolute Gasteiger partial charge is 0.566 e. The number of hydrogen-bond donors (Lipinski definition) is 0. The Morgan fingerprint density at radius 2 is 0.730 bits per heavy atom. The first-order chi connectivity index (χ1) is 17.1. The largest absolute Gasteiger partial charge is 3.00 e. The fourth-order valence-corrected chi connectivity index (χ4v) is 4.19. The molecule has 0 fully saturated rings. The van der Waals surface area contributed by atoms with E-state index in [2.05, 4.69) is 55.1 Å². The van der Waals surface area contributed by atoms with Gasteiger partial charge in [-0.1, -0.05) is 99.3 Å². The van der Waals surface area contributed by atoms with Crippen LogP contribution in [0.3, 0.4) is 0 Å². The second kappa shape index (κ2) is 34.6. The summed E-state index contributed by atoms with van der Waals surface area (Å²) in [6, 6.07) is 0. The first-order valence-corrected chi connectivity index (χ1v) is 16.7. The summed E-state index contributed by atoms with van der Waals surface area (Å²) in [7, 11) is -7.96. The number of rotatable bonds is 21. The maximum atomic E-state index is 10.1. The average molecular weight is 636 g/mol. The minimum absolute atomic E-state index is 0. The molecular weight excluding hydrogens is 584 g/mol. The second-order valence-electron chi connectivity index (χ2n) is 8.81. The van der Waals surface area contributed by atoms with Crippen LogP contribution < -0.4 is 14.7 Å². The van der Waals surface area contributed by atoms with Crippen LogP contribution in [0.5, 0.6) is 0 Å². The van der Waals surface area contributed by atoms with E-state index in [9.17, 15) is 28.4 Å². The summed E-state index contributed by atoms with van der Waals surface area (Å²) in [5.41, 5.74) is 0. The van der Waals surface area contributed by atoms with Gasteiger partial charge in [-0.05, 0) is 50.7 Å². The minimum atomic E-state index is -2.65. The molecule has 0 amide bonds. The molecular formula is C24H51CoO9P3+3. The van der Waals surface area contributed by atoms with Crippen LogP contribution in [0.2, 0.25) is 0 Å². The van der Waals surface area contributed by atoms with Crippen molar-refractivity contribution in [3.05, 3.63) is 0 Å². The van der Waals surface area contributed by atoms with E-state index in [-0.39, 0.29) is 16.8 Å². The fraction of sp³-hybridized carbons (Fsp3) is 1.00. The van der Waals surface area contributed by atoms with Crippen LogP contribution in [-0.2, 0) is 44.0 Å². The Hall–Kier alpha value is 0.566. The van der Waals surface area contributed by atoms with Crippen molar-refractivity contribution in [2.45, 2.75) is 119 Å². The molecule has 222 valence electrons. The zero-order chi connectivity index (χ0) is 28.2. The van der Waals surface area contributed by atoms with Gasteiger partial charge < -0.3 is 14.7 Å². The Bertz CT molecular complexity index is 460. The van der Waals surface area contributed by atoms with Crippen LogP contribution in [0, 0.1) is 17.8 Å². The zero-order valence-corrected chi connectivity index (χ0v) is 27.4. The van der Waals surface area contributed by atoms with Crippen molar-refractivity contribution < 1.29 is 58.7 Å². The summed E-state index contributed by atoms with van der Waals surface area (Å²) in [6.45, 7) is 13.6. The number of hydrogen-bond acceptors (Lipinski definition) is 9. The van der Waals surface area contributed by atoms with Gasteiger partial charge in [0.2, 0.25) is 0 Å². The van der Waals surface area contributed by atoms with E-state index in [1.807, 2.05) is 0 Å². The molecule has 0 aliphatic carbocycles. The molecule has 0 spiro atoms. The van der Waals surface area contributed by atoms with E-state index in [0.29, 0.717) is 37.6 Å². The summed E-state index contributed by atoms with van der Waals surface area (Å²) in [5, 5.41) is 0. The predicted molar refractivity (Wildman–Crippen MR) is 141 cm³/mol. The molecule has 0 radical (unpaired) electrons. The summed E-state index contributed by atoms with van der Waals surface area (Å²) < 4.78 is 44.0. The van der Waals surface area contributed by atoms with E-state index < -0.39 is 24.8 Å². The van der Waals surface area contributed by atoms with Gasteiger partial charge in [0.15, 0.2) is 0 Å². The van der Waals surface area contributed by atoms with Crippen molar-refractivity contribution >= 4 is 24.8 Å². The van der Waals surface area contributed by atoms with Crippen molar-refractivity contribution in [2.24, 2.45) is 17.8 Å². The molecule has 13 heteroatoms. The van der Waals surface area contributed by atoms with Crippen LogP contribution >= 0.6 is 24.8 Å². The van der Waals surface area contributed by atoms with Gasteiger partial charge in [-0.2, -0.15) is 0 Å². The van der Waals surface area contributed by atoms with Gasteiger partial charge in [0.1, 0.15) is 19.8 Å². The molecule has 0 aromatic rings. The molecule has 6 atom stereocenters. The van der Waals surface area contributed by atoms with Gasteiger partial charge in [0.05, 0.1) is 0 Å². The molecule has 0 aliphatic rings. The summed E-state index contributed by atoms with van der Waals surface area (Å²) >= 11 is 0. The normalized spacial score (nSPS) is 14.0. The van der Waals surface area contributed by atoms with Crippen LogP contribution in [0.1, 0.15) is 119 Å². The van der Waals surface area contributed by atoms with Crippen molar-refractivity contribution in [3.8, 4) is 0 Å². The number of unbranched alkanes of at least 4 members (excludes halogenated alkanes) is 3. The van der Waals surface area contributed by atoms with Gasteiger partial charge in [0.25, 0.3) is 0 Å². The monoisotopic (exact) mass is 635 g/mol. The maximum Gasteiger partial charge on any atom is 3.00 e. The molecule has 0 bridgehead atoms. The van der Waals surface area contributed by atoms with Crippen molar-refractivity contribution in [3.63, 3.8) is 0 Å². The fourth-order valence-electron chi connectivity index (χ4n) is 3.19. The Morgan fingerprint density at radius 1 is 0.514 bits per heavy atom. The van der Waals surface area contributed by atoms with Crippen LogP contribution in [0.25, 0.3) is 0 Å². The third kappa shape index (κ3) is 38.8. The maximum absolute atomic E-state index is 10.1. The Balaban J connectivity index is -0.000000218. The third-order valence-electron chi connectivity index (χ3n) is 5.88. The second-order valence-corrected chi connectivity index (χ2v) is 10.9. The standard InChI is InChI=1S/3C8H17O3P.Co/c3*1-3-5-6-8(4-2)7-11-12(9)10;/h3*8H,3-7H2,1-2H3;/q;;;+3. The van der Waals surface area contributed by atoms with Gasteiger partial charge in [0, 0.05) is 0 Å². The Labute approximate surface area is 239 Å². The Morgan fingerprint density at radius 3 is 0.865 bits per heavy atom. The molecule has 0 saturated heterocycles. The summed E-state index contributed by atoms with van der Waals surface area (Å²) in [6.07, 6.45) is 13.1. The predicted octanol–water partition coefficient (Wildman–Crippen LogP) is 6.71. The third-order valence-corrected chi connectivity index (χ3v) is 6.96. The van der Waals surface area contributed by atoms with E-state index >= 15 is 0 Å². The van der Waals surface area contributed by atoms with Crippen molar-refractivity contribution in [1.82, 2.24) is 0 Å². The molecule has 0 rings (SSSR count). The molecule has 0 aliphatic heterocycles. The van der Waals surface area contributed by atoms with Gasteiger partial charge in [-0.3, -0.25) is 0 Å². The topological polar surface area (TPSA) is 148 Å². The molecule has 0 aromatic heterocycles. The van der Waals surface area contributed by atoms with E-state index in [1.54, 1.807) is 0 Å². The average Bonchev–Trinajstić information content (AvgIpc) is 2.85. The van der Waals surface area contributed by atoms with Crippen molar-refractivity contribution in [2.75, 3.05) is 19.8 Å². The van der Waals surface area contributed by atoms with Crippen LogP contribution in [0.4, 0.5) is 0 Å². The summed E-state index contributed by atoms with van der Waals surface area (Å²) in [4.78, 5) is 30.3. The molecule has 0 N–H and O–H groups in total. The quantitative estimate of drug-likeness (QED) is 0.126. The van der Waals surface area contributed by atoms with Gasteiger partial charge >= 0.3 is 41.5 Å². The van der Waals surface area contributed by atoms with Crippen molar-refractivity contribution in [1.29, 1.82) is 0 Å². The Kier molecular flexibility index (Phi) is 41.7. The molecule has 0 saturated carbocycles. The first-order valence-electron chi connectivity index (χ1n) is 13.4. The van der Waals surface area contributed by atoms with Gasteiger partial charge in [-0.15, -0.1) is 13.6 Å². The molecule has 6 unspecified atom stereocenters. The van der Waals surface area contributed by atoms with Crippen LogP contribution in [-0.4, -0.2) is 19.8 Å². The van der Waals surface area contributed by atoms with E-state index in [0.717, 1.165) is 77.0 Å². The van der Waals surface area contributed by atoms with E-state index in [1.165, 1.54) is 0 Å². The molecule has 37 heavy (non-hydrogen) atoms. The zero-order valence-electron chi connectivity index (χ0n) is 23.7. The van der Waals surface area contributed by atoms with Crippen LogP contribution in [0.15, 0.2) is 0 Å².